The highest BCUT2D eigenvalue weighted by atomic mass is 35.5. The van der Waals surface area contributed by atoms with E-state index in [1.807, 2.05) is 4.90 Å². The maximum atomic E-state index is 11.9. The number of piperidine rings is 1. The molecule has 6 heteroatoms. The van der Waals surface area contributed by atoms with E-state index in [-0.39, 0.29) is 5.91 Å². The minimum Gasteiger partial charge on any atom is -0.368 e. The summed E-state index contributed by atoms with van der Waals surface area (Å²) in [5, 5.41) is 11.0. The second-order valence-corrected chi connectivity index (χ2v) is 4.75. The van der Waals surface area contributed by atoms with Crippen molar-refractivity contribution in [1.29, 1.82) is 0 Å². The van der Waals surface area contributed by atoms with Gasteiger partial charge in [0.2, 0.25) is 5.91 Å². The zero-order valence-corrected chi connectivity index (χ0v) is 11.0. The van der Waals surface area contributed by atoms with Crippen LogP contribution in [-0.4, -0.2) is 40.6 Å². The molecule has 0 radical (unpaired) electrons. The molecule has 0 unspecified atom stereocenters. The van der Waals surface area contributed by atoms with Crippen LogP contribution in [0, 0.1) is 0 Å². The summed E-state index contributed by atoms with van der Waals surface area (Å²) in [7, 11) is 0. The highest BCUT2D eigenvalue weighted by Crippen LogP contribution is 2.10. The van der Waals surface area contributed by atoms with Crippen molar-refractivity contribution in [3.63, 3.8) is 0 Å². The van der Waals surface area contributed by atoms with Crippen molar-refractivity contribution < 1.29 is 4.79 Å². The molecule has 1 fully saturated rings. The molecule has 0 saturated carbocycles. The number of rotatable bonds is 4. The fourth-order valence-electron chi connectivity index (χ4n) is 2.01. The van der Waals surface area contributed by atoms with Crippen molar-refractivity contribution in [2.24, 2.45) is 0 Å². The van der Waals surface area contributed by atoms with Gasteiger partial charge in [0, 0.05) is 26.1 Å². The van der Waals surface area contributed by atoms with E-state index in [1.54, 1.807) is 12.1 Å². The monoisotopic (exact) mass is 268 g/mol. The Bertz CT molecular complexity index is 390. The lowest BCUT2D eigenvalue weighted by Gasteiger charge is -2.26. The number of anilines is 1. The minimum atomic E-state index is 0.212. The van der Waals surface area contributed by atoms with Crippen LogP contribution in [0.5, 0.6) is 0 Å². The van der Waals surface area contributed by atoms with E-state index in [2.05, 4.69) is 15.5 Å². The molecule has 5 nitrogen and oxygen atoms in total. The Morgan fingerprint density at radius 2 is 2.06 bits per heavy atom. The molecule has 0 atom stereocenters. The molecular weight excluding hydrogens is 252 g/mol. The summed E-state index contributed by atoms with van der Waals surface area (Å²) in [5.41, 5.74) is 0. The van der Waals surface area contributed by atoms with Crippen LogP contribution in [0.3, 0.4) is 0 Å². The second kappa shape index (κ2) is 6.54. The van der Waals surface area contributed by atoms with Crippen molar-refractivity contribution in [2.75, 3.05) is 25.0 Å². The molecule has 2 rings (SSSR count). The minimum absolute atomic E-state index is 0.212. The first-order chi connectivity index (χ1) is 8.75. The van der Waals surface area contributed by atoms with Gasteiger partial charge in [0.15, 0.2) is 5.15 Å². The van der Waals surface area contributed by atoms with E-state index in [4.69, 9.17) is 11.6 Å². The predicted octanol–water partition coefficient (Wildman–Crippen LogP) is 1.94. The number of likely N-dealkylation sites (tertiary alicyclic amines) is 1. The van der Waals surface area contributed by atoms with Crippen molar-refractivity contribution in [3.8, 4) is 0 Å². The highest BCUT2D eigenvalue weighted by molar-refractivity contribution is 6.29. The van der Waals surface area contributed by atoms with Gasteiger partial charge in [-0.15, -0.1) is 10.2 Å². The first-order valence-electron chi connectivity index (χ1n) is 6.26. The fourth-order valence-corrected chi connectivity index (χ4v) is 2.11. The maximum absolute atomic E-state index is 11.9. The summed E-state index contributed by atoms with van der Waals surface area (Å²) in [6.07, 6.45) is 3.98. The zero-order valence-electron chi connectivity index (χ0n) is 10.2. The smallest absolute Gasteiger partial charge is 0.224 e. The van der Waals surface area contributed by atoms with Crippen LogP contribution in [0.25, 0.3) is 0 Å². The number of nitrogens with zero attached hydrogens (tertiary/aromatic N) is 3. The molecule has 1 aromatic heterocycles. The van der Waals surface area contributed by atoms with Crippen molar-refractivity contribution >= 4 is 23.3 Å². The molecular formula is C12H17ClN4O. The van der Waals surface area contributed by atoms with Gasteiger partial charge in [0.05, 0.1) is 0 Å². The lowest BCUT2D eigenvalue weighted by molar-refractivity contribution is -0.131. The summed E-state index contributed by atoms with van der Waals surface area (Å²) in [6.45, 7) is 2.38. The third-order valence-corrected chi connectivity index (χ3v) is 3.19. The molecule has 0 bridgehead atoms. The van der Waals surface area contributed by atoms with Gasteiger partial charge in [-0.1, -0.05) is 11.6 Å². The third kappa shape index (κ3) is 3.84. The molecule has 1 saturated heterocycles. The summed E-state index contributed by atoms with van der Waals surface area (Å²) in [6, 6.07) is 3.42. The van der Waals surface area contributed by atoms with Crippen LogP contribution in [0.4, 0.5) is 5.82 Å². The summed E-state index contributed by atoms with van der Waals surface area (Å²) in [5.74, 6) is 0.856. The van der Waals surface area contributed by atoms with Crippen LogP contribution >= 0.6 is 11.6 Å². The maximum Gasteiger partial charge on any atom is 0.224 e. The molecule has 1 aromatic rings. The van der Waals surface area contributed by atoms with Crippen molar-refractivity contribution in [2.45, 2.75) is 25.7 Å². The Balaban J connectivity index is 1.71. The Labute approximate surface area is 112 Å². The number of halogens is 1. The van der Waals surface area contributed by atoms with E-state index < -0.39 is 0 Å². The average molecular weight is 269 g/mol. The largest absolute Gasteiger partial charge is 0.368 e. The molecule has 0 aliphatic carbocycles. The number of nitrogens with one attached hydrogen (secondary N) is 1. The standard InChI is InChI=1S/C12H17ClN4O/c13-10-4-5-11(16-15-10)14-7-6-12(18)17-8-2-1-3-9-17/h4-5H,1-3,6-9H2,(H,14,16). The van der Waals surface area contributed by atoms with Gasteiger partial charge in [-0.25, -0.2) is 0 Å². The molecule has 1 amide bonds. The number of hydrogen-bond donors (Lipinski definition) is 1. The lowest BCUT2D eigenvalue weighted by atomic mass is 10.1. The Kier molecular flexibility index (Phi) is 4.75. The summed E-state index contributed by atoms with van der Waals surface area (Å²) < 4.78 is 0. The zero-order chi connectivity index (χ0) is 12.8. The Morgan fingerprint density at radius 3 is 2.72 bits per heavy atom. The molecule has 0 spiro atoms. The molecule has 1 N–H and O–H groups in total. The SMILES string of the molecule is O=C(CCNc1ccc(Cl)nn1)N1CCCCC1. The quantitative estimate of drug-likeness (QED) is 0.907. The van der Waals surface area contributed by atoms with E-state index in [9.17, 15) is 4.79 Å². The Morgan fingerprint density at radius 1 is 1.28 bits per heavy atom. The van der Waals surface area contributed by atoms with Gasteiger partial charge in [0.25, 0.3) is 0 Å². The number of aromatic nitrogens is 2. The topological polar surface area (TPSA) is 58.1 Å². The summed E-state index contributed by atoms with van der Waals surface area (Å²) >= 11 is 5.64. The van der Waals surface area contributed by atoms with Gasteiger partial charge < -0.3 is 10.2 Å². The van der Waals surface area contributed by atoms with E-state index in [1.165, 1.54) is 6.42 Å². The Hall–Kier alpha value is -1.36. The van der Waals surface area contributed by atoms with Crippen LogP contribution in [0.2, 0.25) is 5.15 Å². The van der Waals surface area contributed by atoms with E-state index in [0.717, 1.165) is 25.9 Å². The fraction of sp³-hybridized carbons (Fsp3) is 0.583. The molecule has 98 valence electrons. The second-order valence-electron chi connectivity index (χ2n) is 4.36. The van der Waals surface area contributed by atoms with Crippen molar-refractivity contribution in [3.05, 3.63) is 17.3 Å². The van der Waals surface area contributed by atoms with E-state index >= 15 is 0 Å². The number of carbonyl (C=O) groups excluding carboxylic acids is 1. The molecule has 2 heterocycles. The van der Waals surface area contributed by atoms with Crippen LogP contribution in [-0.2, 0) is 4.79 Å². The molecule has 18 heavy (non-hydrogen) atoms. The number of carbonyl (C=O) groups is 1. The predicted molar refractivity (Wildman–Crippen MR) is 70.6 cm³/mol. The molecule has 0 aromatic carbocycles. The first kappa shape index (κ1) is 13.1. The lowest BCUT2D eigenvalue weighted by Crippen LogP contribution is -2.36. The summed E-state index contributed by atoms with van der Waals surface area (Å²) in [4.78, 5) is 13.8. The van der Waals surface area contributed by atoms with Crippen LogP contribution < -0.4 is 5.32 Å². The molecule has 1 aliphatic rings. The average Bonchev–Trinajstić information content (AvgIpc) is 2.42. The van der Waals surface area contributed by atoms with Gasteiger partial charge in [-0.05, 0) is 31.4 Å². The van der Waals surface area contributed by atoms with Gasteiger partial charge in [-0.3, -0.25) is 4.79 Å². The van der Waals surface area contributed by atoms with Gasteiger partial charge in [-0.2, -0.15) is 0 Å². The highest BCUT2D eigenvalue weighted by Gasteiger charge is 2.15. The number of hydrogen-bond acceptors (Lipinski definition) is 4. The van der Waals surface area contributed by atoms with Crippen LogP contribution in [0.15, 0.2) is 12.1 Å². The third-order valence-electron chi connectivity index (χ3n) is 2.99. The molecule has 1 aliphatic heterocycles. The normalized spacial score (nSPS) is 15.5. The van der Waals surface area contributed by atoms with Crippen molar-refractivity contribution in [1.82, 2.24) is 15.1 Å². The van der Waals surface area contributed by atoms with Gasteiger partial charge >= 0.3 is 0 Å². The van der Waals surface area contributed by atoms with E-state index in [0.29, 0.717) is 23.9 Å². The van der Waals surface area contributed by atoms with Crippen LogP contribution in [0.1, 0.15) is 25.7 Å². The number of amides is 1. The van der Waals surface area contributed by atoms with Gasteiger partial charge in [0.1, 0.15) is 5.82 Å². The first-order valence-corrected chi connectivity index (χ1v) is 6.64.